The van der Waals surface area contributed by atoms with E-state index in [0.29, 0.717) is 16.7 Å². The maximum Gasteiger partial charge on any atom is 0.252 e. The lowest BCUT2D eigenvalue weighted by Gasteiger charge is -2.26. The molecule has 0 N–H and O–H groups in total. The molecule has 0 unspecified atom stereocenters. The third-order valence-electron chi connectivity index (χ3n) is 5.71. The summed E-state index contributed by atoms with van der Waals surface area (Å²) in [5.74, 6) is 1.03. The molecule has 4 rings (SSSR count). The Morgan fingerprint density at radius 1 is 1.09 bits per heavy atom. The van der Waals surface area contributed by atoms with Crippen molar-refractivity contribution >= 4 is 38.4 Å². The van der Waals surface area contributed by atoms with Gasteiger partial charge >= 0.3 is 0 Å². The van der Waals surface area contributed by atoms with Crippen LogP contribution in [0.2, 0.25) is 0 Å². The largest absolute Gasteiger partial charge is 0.493 e. The Labute approximate surface area is 192 Å². The monoisotopic (exact) mass is 474 g/mol. The highest BCUT2D eigenvalue weighted by molar-refractivity contribution is 8.16. The van der Waals surface area contributed by atoms with E-state index in [2.05, 4.69) is 4.99 Å². The number of rotatable bonds is 5. The van der Waals surface area contributed by atoms with Gasteiger partial charge < -0.3 is 14.4 Å². The van der Waals surface area contributed by atoms with Crippen molar-refractivity contribution in [2.75, 3.05) is 30.6 Å². The number of amidine groups is 1. The van der Waals surface area contributed by atoms with Crippen LogP contribution in [-0.2, 0) is 21.1 Å². The van der Waals surface area contributed by atoms with Crippen molar-refractivity contribution in [1.29, 1.82) is 0 Å². The molecule has 0 spiro atoms. The average Bonchev–Trinajstić information content (AvgIpc) is 3.20. The lowest BCUT2D eigenvalue weighted by molar-refractivity contribution is -0.117. The van der Waals surface area contributed by atoms with Crippen LogP contribution >= 0.6 is 11.8 Å². The number of carbonyl (C=O) groups excluding carboxylic acids is 1. The maximum absolute atomic E-state index is 12.9. The van der Waals surface area contributed by atoms with E-state index in [1.165, 1.54) is 11.8 Å². The molecule has 170 valence electrons. The van der Waals surface area contributed by atoms with Crippen LogP contribution < -0.4 is 14.4 Å². The SMILES string of the molecule is COc1ccc(CC(=O)N=C2S[C@@H]3CS(=O)(=O)C[C@@H]3N2c2cc(C)ccc2C)cc1OC. The van der Waals surface area contributed by atoms with Gasteiger partial charge in [-0.2, -0.15) is 4.99 Å². The van der Waals surface area contributed by atoms with Crippen molar-refractivity contribution in [1.82, 2.24) is 0 Å². The molecule has 2 aliphatic heterocycles. The minimum Gasteiger partial charge on any atom is -0.493 e. The zero-order chi connectivity index (χ0) is 23.0. The summed E-state index contributed by atoms with van der Waals surface area (Å²) in [5.41, 5.74) is 3.75. The molecule has 7 nitrogen and oxygen atoms in total. The second-order valence-corrected chi connectivity index (χ2v) is 11.5. The van der Waals surface area contributed by atoms with E-state index in [4.69, 9.17) is 9.47 Å². The summed E-state index contributed by atoms with van der Waals surface area (Å²) in [5, 5.41) is 0.432. The van der Waals surface area contributed by atoms with Gasteiger partial charge in [-0.1, -0.05) is 30.0 Å². The number of sulfone groups is 1. The highest BCUT2D eigenvalue weighted by Crippen LogP contribution is 2.42. The molecule has 0 aromatic heterocycles. The van der Waals surface area contributed by atoms with Crippen molar-refractivity contribution in [3.63, 3.8) is 0 Å². The van der Waals surface area contributed by atoms with Crippen LogP contribution in [0.15, 0.2) is 41.4 Å². The highest BCUT2D eigenvalue weighted by Gasteiger charge is 2.49. The quantitative estimate of drug-likeness (QED) is 0.658. The van der Waals surface area contributed by atoms with Gasteiger partial charge in [0.25, 0.3) is 5.91 Å². The summed E-state index contributed by atoms with van der Waals surface area (Å²) >= 11 is 1.38. The van der Waals surface area contributed by atoms with Gasteiger partial charge in [-0.15, -0.1) is 0 Å². The molecule has 2 fully saturated rings. The number of anilines is 1. The molecular formula is C23H26N2O5S2. The second-order valence-electron chi connectivity index (χ2n) is 8.11. The standard InChI is InChI=1S/C23H26N2O5S2/c1-14-5-6-15(2)17(9-14)25-18-12-32(27,28)13-21(18)31-23(25)24-22(26)11-16-7-8-19(29-3)20(10-16)30-4/h5-10,18,21H,11-13H2,1-4H3/t18-,21+/m0/s1. The highest BCUT2D eigenvalue weighted by atomic mass is 32.2. The van der Waals surface area contributed by atoms with Crippen LogP contribution in [0.25, 0.3) is 0 Å². The van der Waals surface area contributed by atoms with Crippen LogP contribution in [-0.4, -0.2) is 56.5 Å². The van der Waals surface area contributed by atoms with E-state index in [1.807, 2.05) is 43.0 Å². The number of amides is 1. The van der Waals surface area contributed by atoms with E-state index in [1.54, 1.807) is 26.4 Å². The first-order chi connectivity index (χ1) is 15.2. The van der Waals surface area contributed by atoms with E-state index >= 15 is 0 Å². The maximum atomic E-state index is 12.9. The van der Waals surface area contributed by atoms with Crippen LogP contribution in [0.1, 0.15) is 16.7 Å². The Morgan fingerprint density at radius 2 is 1.84 bits per heavy atom. The first-order valence-corrected chi connectivity index (χ1v) is 13.0. The molecule has 32 heavy (non-hydrogen) atoms. The first kappa shape index (κ1) is 22.7. The zero-order valence-corrected chi connectivity index (χ0v) is 20.1. The number of hydrogen-bond acceptors (Lipinski definition) is 6. The normalized spacial score (nSPS) is 22.8. The van der Waals surface area contributed by atoms with Gasteiger partial charge in [-0.25, -0.2) is 8.42 Å². The molecule has 2 aliphatic rings. The lowest BCUT2D eigenvalue weighted by Crippen LogP contribution is -2.38. The molecule has 0 aliphatic carbocycles. The van der Waals surface area contributed by atoms with Gasteiger partial charge in [0.2, 0.25) is 0 Å². The van der Waals surface area contributed by atoms with E-state index in [-0.39, 0.29) is 35.1 Å². The molecule has 0 bridgehead atoms. The number of fused-ring (bicyclic) bond motifs is 1. The van der Waals surface area contributed by atoms with Gasteiger partial charge in [0.15, 0.2) is 26.5 Å². The Hall–Kier alpha value is -2.52. The van der Waals surface area contributed by atoms with Crippen molar-refractivity contribution in [2.24, 2.45) is 4.99 Å². The fourth-order valence-electron chi connectivity index (χ4n) is 4.14. The van der Waals surface area contributed by atoms with Crippen LogP contribution in [0.3, 0.4) is 0 Å². The zero-order valence-electron chi connectivity index (χ0n) is 18.5. The van der Waals surface area contributed by atoms with Crippen LogP contribution in [0.5, 0.6) is 11.5 Å². The number of aliphatic imine (C=N–C) groups is 1. The molecular weight excluding hydrogens is 448 g/mol. The Morgan fingerprint density at radius 3 is 2.56 bits per heavy atom. The third-order valence-corrected chi connectivity index (χ3v) is 8.92. The minimum absolute atomic E-state index is 0.0704. The van der Waals surface area contributed by atoms with E-state index in [9.17, 15) is 13.2 Å². The molecule has 2 aromatic rings. The first-order valence-electron chi connectivity index (χ1n) is 10.3. The van der Waals surface area contributed by atoms with E-state index in [0.717, 1.165) is 22.4 Å². The Kier molecular flexibility index (Phi) is 6.22. The predicted molar refractivity (Wildman–Crippen MR) is 128 cm³/mol. The number of methoxy groups -OCH3 is 2. The number of benzene rings is 2. The van der Waals surface area contributed by atoms with Gasteiger partial charge in [-0.05, 0) is 48.7 Å². The molecule has 1 amide bonds. The van der Waals surface area contributed by atoms with Crippen molar-refractivity contribution in [2.45, 2.75) is 31.6 Å². The molecule has 2 heterocycles. The number of hydrogen-bond donors (Lipinski definition) is 0. The van der Waals surface area contributed by atoms with Gasteiger partial charge in [-0.3, -0.25) is 4.79 Å². The summed E-state index contributed by atoms with van der Waals surface area (Å²) in [6, 6.07) is 11.2. The summed E-state index contributed by atoms with van der Waals surface area (Å²) in [7, 11) is -0.00261. The third kappa shape index (κ3) is 4.49. The number of carbonyl (C=O) groups is 1. The van der Waals surface area contributed by atoms with Gasteiger partial charge in [0, 0.05) is 10.9 Å². The average molecular weight is 475 g/mol. The molecule has 2 saturated heterocycles. The fraction of sp³-hybridized carbons (Fsp3) is 0.391. The molecule has 0 radical (unpaired) electrons. The molecule has 0 saturated carbocycles. The van der Waals surface area contributed by atoms with Crippen molar-refractivity contribution in [3.8, 4) is 11.5 Å². The number of aryl methyl sites for hydroxylation is 2. The summed E-state index contributed by atoms with van der Waals surface area (Å²) < 4.78 is 35.1. The summed E-state index contributed by atoms with van der Waals surface area (Å²) in [4.78, 5) is 19.3. The van der Waals surface area contributed by atoms with Gasteiger partial charge in [0.05, 0.1) is 38.2 Å². The van der Waals surface area contributed by atoms with Crippen LogP contribution in [0, 0.1) is 13.8 Å². The second kappa shape index (κ2) is 8.78. The summed E-state index contributed by atoms with van der Waals surface area (Å²) in [6.07, 6.45) is 0.110. The molecule has 9 heteroatoms. The minimum atomic E-state index is -3.11. The van der Waals surface area contributed by atoms with Gasteiger partial charge in [0.1, 0.15) is 0 Å². The fourth-order valence-corrected chi connectivity index (χ4v) is 8.06. The molecule has 2 aromatic carbocycles. The molecule has 2 atom stereocenters. The van der Waals surface area contributed by atoms with E-state index < -0.39 is 9.84 Å². The van der Waals surface area contributed by atoms with Crippen molar-refractivity contribution < 1.29 is 22.7 Å². The Balaban J connectivity index is 1.65. The number of thioether (sulfide) groups is 1. The smallest absolute Gasteiger partial charge is 0.252 e. The van der Waals surface area contributed by atoms with Crippen molar-refractivity contribution in [3.05, 3.63) is 53.1 Å². The number of ether oxygens (including phenoxy) is 2. The van der Waals surface area contributed by atoms with Crippen LogP contribution in [0.4, 0.5) is 5.69 Å². The predicted octanol–water partition coefficient (Wildman–Crippen LogP) is 3.16. The number of nitrogens with zero attached hydrogens (tertiary/aromatic N) is 2. The lowest BCUT2D eigenvalue weighted by atomic mass is 10.1. The summed E-state index contributed by atoms with van der Waals surface area (Å²) in [6.45, 7) is 3.98. The topological polar surface area (TPSA) is 85.3 Å². The Bertz CT molecular complexity index is 1190.